The molecule has 1 aromatic carbocycles. The Balaban J connectivity index is 1.53. The van der Waals surface area contributed by atoms with Crippen molar-refractivity contribution < 1.29 is 0 Å². The molecule has 24 heavy (non-hydrogen) atoms. The highest BCUT2D eigenvalue weighted by Gasteiger charge is 2.23. The summed E-state index contributed by atoms with van der Waals surface area (Å²) in [5.41, 5.74) is 2.93. The highest BCUT2D eigenvalue weighted by atomic mass is 15.2. The molecular formula is C22H34N2. The van der Waals surface area contributed by atoms with Crippen LogP contribution in [0, 0.1) is 5.92 Å². The Kier molecular flexibility index (Phi) is 6.51. The maximum absolute atomic E-state index is 2.65. The van der Waals surface area contributed by atoms with Gasteiger partial charge in [0.1, 0.15) is 0 Å². The summed E-state index contributed by atoms with van der Waals surface area (Å²) in [4.78, 5) is 5.12. The molecule has 1 aliphatic carbocycles. The Morgan fingerprint density at radius 3 is 2.46 bits per heavy atom. The van der Waals surface area contributed by atoms with Gasteiger partial charge in [-0.15, -0.1) is 0 Å². The van der Waals surface area contributed by atoms with Gasteiger partial charge in [0.05, 0.1) is 0 Å². The first-order valence-corrected chi connectivity index (χ1v) is 9.85. The van der Waals surface area contributed by atoms with Gasteiger partial charge >= 0.3 is 0 Å². The van der Waals surface area contributed by atoms with Crippen LogP contribution in [0.1, 0.15) is 50.5 Å². The molecule has 132 valence electrons. The Hall–Kier alpha value is -1.12. The normalized spacial score (nSPS) is 21.7. The van der Waals surface area contributed by atoms with E-state index in [4.69, 9.17) is 0 Å². The molecule has 1 saturated carbocycles. The molecule has 1 aromatic rings. The van der Waals surface area contributed by atoms with Gasteiger partial charge in [0.15, 0.2) is 0 Å². The van der Waals surface area contributed by atoms with E-state index in [1.807, 2.05) is 0 Å². The van der Waals surface area contributed by atoms with Crippen molar-refractivity contribution in [2.75, 3.05) is 33.7 Å². The zero-order chi connectivity index (χ0) is 16.8. The average molecular weight is 327 g/mol. The van der Waals surface area contributed by atoms with E-state index in [1.165, 1.54) is 69.2 Å². The van der Waals surface area contributed by atoms with Gasteiger partial charge in [-0.25, -0.2) is 0 Å². The number of hydrogen-bond acceptors (Lipinski definition) is 2. The van der Waals surface area contributed by atoms with Gasteiger partial charge in [-0.2, -0.15) is 0 Å². The molecule has 0 spiro atoms. The lowest BCUT2D eigenvalue weighted by Gasteiger charge is -2.35. The number of nitrogens with zero attached hydrogens (tertiary/aromatic N) is 2. The van der Waals surface area contributed by atoms with Gasteiger partial charge in [-0.3, -0.25) is 4.90 Å². The van der Waals surface area contributed by atoms with Crippen LogP contribution in [-0.2, 0) is 0 Å². The van der Waals surface area contributed by atoms with Crippen molar-refractivity contribution in [2.24, 2.45) is 5.92 Å². The predicted molar refractivity (Wildman–Crippen MR) is 104 cm³/mol. The summed E-state index contributed by atoms with van der Waals surface area (Å²) < 4.78 is 0. The monoisotopic (exact) mass is 326 g/mol. The molecule has 0 N–H and O–H groups in total. The predicted octanol–water partition coefficient (Wildman–Crippen LogP) is 4.68. The van der Waals surface area contributed by atoms with Gasteiger partial charge in [-0.05, 0) is 44.0 Å². The van der Waals surface area contributed by atoms with Crippen molar-refractivity contribution in [1.29, 1.82) is 0 Å². The third kappa shape index (κ3) is 4.94. The maximum Gasteiger partial charge on any atom is 0.0219 e. The summed E-state index contributed by atoms with van der Waals surface area (Å²) in [6, 6.07) is 11.6. The SMILES string of the molecule is CN(C)C(CC1CCCCC1)CN1CC=C(c2ccccc2)CC1. The number of hydrogen-bond donors (Lipinski definition) is 0. The quantitative estimate of drug-likeness (QED) is 0.749. The standard InChI is InChI=1S/C22H34N2/c1-23(2)22(17-19-9-5-3-6-10-19)18-24-15-13-21(14-16-24)20-11-7-4-8-12-20/h4,7-8,11-13,19,22H,3,5-6,9-10,14-18H2,1-2H3. The number of likely N-dealkylation sites (N-methyl/N-ethyl adjacent to an activating group) is 1. The van der Waals surface area contributed by atoms with Crippen LogP contribution < -0.4 is 0 Å². The zero-order valence-electron chi connectivity index (χ0n) is 15.6. The largest absolute Gasteiger partial charge is 0.305 e. The summed E-state index contributed by atoms with van der Waals surface area (Å²) in [5.74, 6) is 0.964. The van der Waals surface area contributed by atoms with Crippen LogP contribution in [0.3, 0.4) is 0 Å². The second-order valence-corrected chi connectivity index (χ2v) is 7.96. The molecule has 0 radical (unpaired) electrons. The molecule has 0 amide bonds. The molecule has 0 bridgehead atoms. The zero-order valence-corrected chi connectivity index (χ0v) is 15.6. The minimum absolute atomic E-state index is 0.708. The lowest BCUT2D eigenvalue weighted by Crippen LogP contribution is -2.43. The van der Waals surface area contributed by atoms with Crippen LogP contribution >= 0.6 is 0 Å². The van der Waals surface area contributed by atoms with Crippen molar-refractivity contribution in [1.82, 2.24) is 9.80 Å². The third-order valence-electron chi connectivity index (χ3n) is 5.97. The van der Waals surface area contributed by atoms with Crippen LogP contribution in [0.2, 0.25) is 0 Å². The molecule has 2 heteroatoms. The van der Waals surface area contributed by atoms with Crippen LogP contribution in [0.25, 0.3) is 5.57 Å². The Labute approximate surface area is 148 Å². The highest BCUT2D eigenvalue weighted by molar-refractivity contribution is 5.66. The second-order valence-electron chi connectivity index (χ2n) is 7.96. The van der Waals surface area contributed by atoms with E-state index in [-0.39, 0.29) is 0 Å². The molecule has 1 fully saturated rings. The first-order valence-electron chi connectivity index (χ1n) is 9.85. The molecule has 2 nitrogen and oxygen atoms in total. The van der Waals surface area contributed by atoms with E-state index in [1.54, 1.807) is 0 Å². The van der Waals surface area contributed by atoms with Crippen molar-refractivity contribution in [2.45, 2.75) is 51.0 Å². The molecule has 3 rings (SSSR count). The van der Waals surface area contributed by atoms with Gasteiger partial charge in [0, 0.05) is 25.7 Å². The van der Waals surface area contributed by atoms with Crippen molar-refractivity contribution in [3.05, 3.63) is 42.0 Å². The molecule has 0 saturated heterocycles. The van der Waals surface area contributed by atoms with E-state index in [2.05, 4.69) is 60.3 Å². The molecule has 0 aromatic heterocycles. The minimum Gasteiger partial charge on any atom is -0.305 e. The van der Waals surface area contributed by atoms with Crippen molar-refractivity contribution in [3.63, 3.8) is 0 Å². The van der Waals surface area contributed by atoms with Crippen LogP contribution in [0.5, 0.6) is 0 Å². The Morgan fingerprint density at radius 2 is 1.83 bits per heavy atom. The summed E-state index contributed by atoms with van der Waals surface area (Å²) in [6.07, 6.45) is 12.3. The van der Waals surface area contributed by atoms with Crippen LogP contribution in [0.4, 0.5) is 0 Å². The fourth-order valence-corrected chi connectivity index (χ4v) is 4.35. The first-order chi connectivity index (χ1) is 11.7. The van der Waals surface area contributed by atoms with E-state index < -0.39 is 0 Å². The maximum atomic E-state index is 2.65. The molecular weight excluding hydrogens is 292 g/mol. The van der Waals surface area contributed by atoms with Gasteiger partial charge in [-0.1, -0.05) is 68.5 Å². The van der Waals surface area contributed by atoms with Gasteiger partial charge in [0.2, 0.25) is 0 Å². The summed E-state index contributed by atoms with van der Waals surface area (Å²) in [6.45, 7) is 3.54. The summed E-state index contributed by atoms with van der Waals surface area (Å²) in [5, 5.41) is 0. The summed E-state index contributed by atoms with van der Waals surface area (Å²) in [7, 11) is 4.53. The summed E-state index contributed by atoms with van der Waals surface area (Å²) >= 11 is 0. The number of rotatable bonds is 6. The van der Waals surface area contributed by atoms with Gasteiger partial charge < -0.3 is 4.90 Å². The molecule has 1 atom stereocenters. The number of benzene rings is 1. The topological polar surface area (TPSA) is 6.48 Å². The van der Waals surface area contributed by atoms with E-state index in [0.717, 1.165) is 12.5 Å². The molecule has 1 unspecified atom stereocenters. The van der Waals surface area contributed by atoms with E-state index in [0.29, 0.717) is 6.04 Å². The Bertz CT molecular complexity index is 514. The lowest BCUT2D eigenvalue weighted by molar-refractivity contribution is 0.157. The smallest absolute Gasteiger partial charge is 0.0219 e. The van der Waals surface area contributed by atoms with Crippen LogP contribution in [0.15, 0.2) is 36.4 Å². The lowest BCUT2D eigenvalue weighted by atomic mass is 9.84. The van der Waals surface area contributed by atoms with Crippen LogP contribution in [-0.4, -0.2) is 49.6 Å². The fraction of sp³-hybridized carbons (Fsp3) is 0.636. The molecule has 1 heterocycles. The average Bonchev–Trinajstić information content (AvgIpc) is 2.63. The van der Waals surface area contributed by atoms with Crippen molar-refractivity contribution >= 4 is 5.57 Å². The molecule has 2 aliphatic rings. The van der Waals surface area contributed by atoms with E-state index >= 15 is 0 Å². The Morgan fingerprint density at radius 1 is 1.08 bits per heavy atom. The van der Waals surface area contributed by atoms with Crippen molar-refractivity contribution in [3.8, 4) is 0 Å². The third-order valence-corrected chi connectivity index (χ3v) is 5.97. The minimum atomic E-state index is 0.708. The highest BCUT2D eigenvalue weighted by Crippen LogP contribution is 2.29. The molecule has 1 aliphatic heterocycles. The van der Waals surface area contributed by atoms with Gasteiger partial charge in [0.25, 0.3) is 0 Å². The second kappa shape index (κ2) is 8.82. The van der Waals surface area contributed by atoms with E-state index in [9.17, 15) is 0 Å². The first kappa shape index (κ1) is 17.7. The fourth-order valence-electron chi connectivity index (χ4n) is 4.35.